The Morgan fingerprint density at radius 1 is 1.13 bits per heavy atom. The topological polar surface area (TPSA) is 61.4 Å². The standard InChI is InChI=1S/C21H21F4N3O2/c1-13(29)26-17-10-14(9-15(11-17)21(23,24)25)20(30)27-16-5-4-8-28(12-16)19-7-3-2-6-18(19)22/h2-3,6-7,9-11,16H,4-5,8,12H2,1H3,(H,26,29)(H,27,30). The highest BCUT2D eigenvalue weighted by atomic mass is 19.4. The highest BCUT2D eigenvalue weighted by molar-refractivity contribution is 5.97. The number of benzene rings is 2. The van der Waals surface area contributed by atoms with Gasteiger partial charge in [-0.25, -0.2) is 4.39 Å². The summed E-state index contributed by atoms with van der Waals surface area (Å²) in [5, 5.41) is 5.01. The number of amides is 2. The van der Waals surface area contributed by atoms with Crippen molar-refractivity contribution in [1.29, 1.82) is 0 Å². The second-order valence-electron chi connectivity index (χ2n) is 7.19. The number of carbonyl (C=O) groups excluding carboxylic acids is 2. The van der Waals surface area contributed by atoms with Crippen molar-refractivity contribution in [1.82, 2.24) is 5.32 Å². The summed E-state index contributed by atoms with van der Waals surface area (Å²) in [6.07, 6.45) is -3.36. The van der Waals surface area contributed by atoms with Gasteiger partial charge in [0.25, 0.3) is 5.91 Å². The van der Waals surface area contributed by atoms with Crippen LogP contribution in [0.25, 0.3) is 0 Å². The van der Waals surface area contributed by atoms with E-state index >= 15 is 0 Å². The number of para-hydroxylation sites is 1. The monoisotopic (exact) mass is 423 g/mol. The second kappa shape index (κ2) is 8.73. The molecule has 2 aromatic rings. The Kier molecular flexibility index (Phi) is 6.28. The van der Waals surface area contributed by atoms with Crippen LogP contribution in [0.15, 0.2) is 42.5 Å². The Morgan fingerprint density at radius 2 is 1.87 bits per heavy atom. The van der Waals surface area contributed by atoms with Gasteiger partial charge in [-0.15, -0.1) is 0 Å². The maximum absolute atomic E-state index is 14.1. The summed E-state index contributed by atoms with van der Waals surface area (Å²) in [5.74, 6) is -1.61. The Bertz CT molecular complexity index is 946. The molecule has 0 radical (unpaired) electrons. The summed E-state index contributed by atoms with van der Waals surface area (Å²) in [7, 11) is 0. The van der Waals surface area contributed by atoms with E-state index in [9.17, 15) is 27.2 Å². The van der Waals surface area contributed by atoms with Crippen LogP contribution in [0.3, 0.4) is 0 Å². The van der Waals surface area contributed by atoms with Crippen LogP contribution in [0.4, 0.5) is 28.9 Å². The molecule has 30 heavy (non-hydrogen) atoms. The summed E-state index contributed by atoms with van der Waals surface area (Å²) in [6.45, 7) is 2.12. The van der Waals surface area contributed by atoms with E-state index in [-0.39, 0.29) is 23.1 Å². The number of nitrogens with one attached hydrogen (secondary N) is 2. The van der Waals surface area contributed by atoms with Gasteiger partial charge in [0, 0.05) is 37.3 Å². The molecule has 5 nitrogen and oxygen atoms in total. The van der Waals surface area contributed by atoms with E-state index in [2.05, 4.69) is 10.6 Å². The Balaban J connectivity index is 1.78. The van der Waals surface area contributed by atoms with Gasteiger partial charge in [-0.3, -0.25) is 9.59 Å². The SMILES string of the molecule is CC(=O)Nc1cc(C(=O)NC2CCCN(c3ccccc3F)C2)cc(C(F)(F)F)c1. The van der Waals surface area contributed by atoms with Crippen LogP contribution in [0.2, 0.25) is 0 Å². The van der Waals surface area contributed by atoms with Crippen molar-refractivity contribution in [3.05, 3.63) is 59.4 Å². The summed E-state index contributed by atoms with van der Waals surface area (Å²) >= 11 is 0. The van der Waals surface area contributed by atoms with E-state index in [1.807, 2.05) is 0 Å². The number of hydrogen-bond acceptors (Lipinski definition) is 3. The molecule has 0 aromatic heterocycles. The molecule has 0 saturated carbocycles. The third-order valence-electron chi connectivity index (χ3n) is 4.79. The van der Waals surface area contributed by atoms with Crippen molar-refractivity contribution in [2.75, 3.05) is 23.3 Å². The quantitative estimate of drug-likeness (QED) is 0.725. The molecule has 0 spiro atoms. The minimum absolute atomic E-state index is 0.112. The molecule has 0 aliphatic carbocycles. The molecule has 1 heterocycles. The zero-order chi connectivity index (χ0) is 21.9. The summed E-state index contributed by atoms with van der Waals surface area (Å²) in [6, 6.07) is 8.66. The number of carbonyl (C=O) groups is 2. The Hall–Kier alpha value is -3.10. The molecule has 2 N–H and O–H groups in total. The molecular formula is C21H21F4N3O2. The van der Waals surface area contributed by atoms with Crippen molar-refractivity contribution in [2.45, 2.75) is 32.0 Å². The highest BCUT2D eigenvalue weighted by Crippen LogP contribution is 2.32. The van der Waals surface area contributed by atoms with Crippen molar-refractivity contribution >= 4 is 23.2 Å². The van der Waals surface area contributed by atoms with Gasteiger partial charge in [0.2, 0.25) is 5.91 Å². The lowest BCUT2D eigenvalue weighted by Crippen LogP contribution is -2.48. The normalized spacial score (nSPS) is 16.8. The maximum Gasteiger partial charge on any atom is 0.416 e. The highest BCUT2D eigenvalue weighted by Gasteiger charge is 2.32. The Labute approximate surface area is 171 Å². The average molecular weight is 423 g/mol. The number of alkyl halides is 3. The number of halogens is 4. The van der Waals surface area contributed by atoms with E-state index in [1.54, 1.807) is 23.1 Å². The van der Waals surface area contributed by atoms with Gasteiger partial charge < -0.3 is 15.5 Å². The molecule has 9 heteroatoms. The second-order valence-corrected chi connectivity index (χ2v) is 7.19. The summed E-state index contributed by atoms with van der Waals surface area (Å²) < 4.78 is 53.7. The van der Waals surface area contributed by atoms with Gasteiger partial charge in [0.1, 0.15) is 5.82 Å². The van der Waals surface area contributed by atoms with E-state index in [0.717, 1.165) is 12.1 Å². The lowest BCUT2D eigenvalue weighted by Gasteiger charge is -2.35. The van der Waals surface area contributed by atoms with Crippen LogP contribution in [0.1, 0.15) is 35.7 Å². The largest absolute Gasteiger partial charge is 0.416 e. The van der Waals surface area contributed by atoms with Crippen molar-refractivity contribution < 1.29 is 27.2 Å². The fourth-order valence-electron chi connectivity index (χ4n) is 3.49. The zero-order valence-electron chi connectivity index (χ0n) is 16.2. The fourth-order valence-corrected chi connectivity index (χ4v) is 3.49. The molecule has 1 unspecified atom stereocenters. The number of rotatable bonds is 4. The lowest BCUT2D eigenvalue weighted by molar-refractivity contribution is -0.137. The maximum atomic E-state index is 14.1. The third kappa shape index (κ3) is 5.28. The first-order valence-electron chi connectivity index (χ1n) is 9.43. The minimum Gasteiger partial charge on any atom is -0.367 e. The average Bonchev–Trinajstić information content (AvgIpc) is 2.67. The van der Waals surface area contributed by atoms with Crippen molar-refractivity contribution in [3.63, 3.8) is 0 Å². The van der Waals surface area contributed by atoms with Crippen LogP contribution < -0.4 is 15.5 Å². The van der Waals surface area contributed by atoms with Gasteiger partial charge in [-0.1, -0.05) is 12.1 Å². The molecule has 1 atom stereocenters. The number of anilines is 2. The van der Waals surface area contributed by atoms with E-state index in [4.69, 9.17) is 0 Å². The Morgan fingerprint density at radius 3 is 2.53 bits per heavy atom. The van der Waals surface area contributed by atoms with Crippen LogP contribution in [-0.4, -0.2) is 30.9 Å². The molecule has 1 aliphatic rings. The van der Waals surface area contributed by atoms with Gasteiger partial charge in [0.15, 0.2) is 0 Å². The van der Waals surface area contributed by atoms with Crippen LogP contribution in [-0.2, 0) is 11.0 Å². The fraction of sp³-hybridized carbons (Fsp3) is 0.333. The molecule has 1 saturated heterocycles. The van der Waals surface area contributed by atoms with E-state index in [0.29, 0.717) is 31.6 Å². The number of nitrogens with zero attached hydrogens (tertiary/aromatic N) is 1. The summed E-state index contributed by atoms with van der Waals surface area (Å²) in [5.41, 5.74) is -0.935. The molecule has 1 aliphatic heterocycles. The van der Waals surface area contributed by atoms with Crippen LogP contribution in [0.5, 0.6) is 0 Å². The first-order chi connectivity index (χ1) is 14.1. The van der Waals surface area contributed by atoms with Gasteiger partial charge in [-0.05, 0) is 43.2 Å². The van der Waals surface area contributed by atoms with Gasteiger partial charge in [0.05, 0.1) is 11.3 Å². The molecule has 1 fully saturated rings. The first-order valence-corrected chi connectivity index (χ1v) is 9.43. The van der Waals surface area contributed by atoms with E-state index in [1.165, 1.54) is 19.1 Å². The van der Waals surface area contributed by atoms with Crippen LogP contribution >= 0.6 is 0 Å². The molecule has 160 valence electrons. The van der Waals surface area contributed by atoms with Crippen molar-refractivity contribution in [2.24, 2.45) is 0 Å². The predicted octanol–water partition coefficient (Wildman–Crippen LogP) is 4.20. The van der Waals surface area contributed by atoms with Crippen LogP contribution in [0, 0.1) is 5.82 Å². The first kappa shape index (κ1) is 21.6. The summed E-state index contributed by atoms with van der Waals surface area (Å²) in [4.78, 5) is 25.7. The molecule has 2 amide bonds. The smallest absolute Gasteiger partial charge is 0.367 e. The number of hydrogen-bond donors (Lipinski definition) is 2. The molecule has 2 aromatic carbocycles. The molecular weight excluding hydrogens is 402 g/mol. The lowest BCUT2D eigenvalue weighted by atomic mass is 10.0. The third-order valence-corrected chi connectivity index (χ3v) is 4.79. The molecule has 0 bridgehead atoms. The predicted molar refractivity (Wildman–Crippen MR) is 105 cm³/mol. The molecule has 3 rings (SSSR count). The zero-order valence-corrected chi connectivity index (χ0v) is 16.2. The van der Waals surface area contributed by atoms with E-state index < -0.39 is 23.6 Å². The number of piperidine rings is 1. The van der Waals surface area contributed by atoms with Crippen molar-refractivity contribution in [3.8, 4) is 0 Å². The minimum atomic E-state index is -4.67. The van der Waals surface area contributed by atoms with Gasteiger partial charge in [-0.2, -0.15) is 13.2 Å². The van der Waals surface area contributed by atoms with Gasteiger partial charge >= 0.3 is 6.18 Å².